The highest BCUT2D eigenvalue weighted by Crippen LogP contribution is 2.22. The number of aliphatic hydroxyl groups is 1. The van der Waals surface area contributed by atoms with E-state index in [4.69, 9.17) is 4.74 Å². The molecule has 1 unspecified atom stereocenters. The monoisotopic (exact) mass is 324 g/mol. The third-order valence-corrected chi connectivity index (χ3v) is 3.78. The van der Waals surface area contributed by atoms with Crippen molar-refractivity contribution >= 4 is 23.1 Å². The second kappa shape index (κ2) is 6.76. The number of amides is 2. The molecule has 0 fully saturated rings. The zero-order valence-corrected chi connectivity index (χ0v) is 13.0. The van der Waals surface area contributed by atoms with Gasteiger partial charge in [0.05, 0.1) is 13.7 Å². The van der Waals surface area contributed by atoms with Crippen molar-refractivity contribution in [1.82, 2.24) is 5.32 Å². The first kappa shape index (κ1) is 16.3. The van der Waals surface area contributed by atoms with Crippen molar-refractivity contribution in [2.75, 3.05) is 19.0 Å². The number of thiophene rings is 1. The van der Waals surface area contributed by atoms with Gasteiger partial charge in [-0.15, -0.1) is 0 Å². The van der Waals surface area contributed by atoms with Gasteiger partial charge in [0.15, 0.2) is 0 Å². The summed E-state index contributed by atoms with van der Waals surface area (Å²) in [5.41, 5.74) is -0.175. The summed E-state index contributed by atoms with van der Waals surface area (Å²) in [6.45, 7) is 1.64. The fraction of sp³-hybridized carbons (Fsp3) is 0.267. The van der Waals surface area contributed by atoms with Gasteiger partial charge >= 0.3 is 6.03 Å². The van der Waals surface area contributed by atoms with Crippen molar-refractivity contribution in [2.24, 2.45) is 0 Å². The molecule has 7 heteroatoms. The average molecular weight is 324 g/mol. The standard InChI is InChI=1S/C15H17FN2O3S/c1-15(20,10-3-4-22-8-10)9-17-14(19)18-12-5-11(16)6-13(7-12)21-2/h3-8,20H,9H2,1-2H3,(H2,17,18,19). The molecule has 0 bridgehead atoms. The molecule has 1 heterocycles. The topological polar surface area (TPSA) is 70.6 Å². The molecule has 2 rings (SSSR count). The van der Waals surface area contributed by atoms with Crippen molar-refractivity contribution in [3.8, 4) is 5.75 Å². The number of hydrogen-bond acceptors (Lipinski definition) is 4. The van der Waals surface area contributed by atoms with E-state index in [1.54, 1.807) is 13.0 Å². The van der Waals surface area contributed by atoms with Crippen LogP contribution in [0.15, 0.2) is 35.0 Å². The summed E-state index contributed by atoms with van der Waals surface area (Å²) in [5.74, 6) is -0.208. The third-order valence-electron chi connectivity index (χ3n) is 3.10. The molecule has 0 aliphatic heterocycles. The Labute approximate surface area is 131 Å². The van der Waals surface area contributed by atoms with Gasteiger partial charge in [-0.3, -0.25) is 0 Å². The van der Waals surface area contributed by atoms with Crippen LogP contribution < -0.4 is 15.4 Å². The first-order valence-corrected chi connectivity index (χ1v) is 7.49. The Hall–Kier alpha value is -2.12. The lowest BCUT2D eigenvalue weighted by molar-refractivity contribution is 0.0604. The van der Waals surface area contributed by atoms with E-state index in [2.05, 4.69) is 10.6 Å². The fourth-order valence-corrected chi connectivity index (χ4v) is 2.64. The lowest BCUT2D eigenvalue weighted by Crippen LogP contribution is -2.40. The molecule has 1 aromatic heterocycles. The maximum Gasteiger partial charge on any atom is 0.319 e. The van der Waals surface area contributed by atoms with E-state index in [9.17, 15) is 14.3 Å². The minimum Gasteiger partial charge on any atom is -0.497 e. The molecule has 118 valence electrons. The molecule has 5 nitrogen and oxygen atoms in total. The van der Waals surface area contributed by atoms with Crippen LogP contribution in [0.4, 0.5) is 14.9 Å². The van der Waals surface area contributed by atoms with Crippen LogP contribution in [0.3, 0.4) is 0 Å². The number of halogens is 1. The van der Waals surface area contributed by atoms with Gasteiger partial charge in [-0.1, -0.05) is 0 Å². The molecule has 0 aliphatic carbocycles. The van der Waals surface area contributed by atoms with Gasteiger partial charge in [0, 0.05) is 17.8 Å². The van der Waals surface area contributed by atoms with Crippen LogP contribution in [0, 0.1) is 5.82 Å². The van der Waals surface area contributed by atoms with E-state index >= 15 is 0 Å². The molecule has 2 aromatic rings. The lowest BCUT2D eigenvalue weighted by atomic mass is 9.99. The second-order valence-corrected chi connectivity index (χ2v) is 5.75. The Morgan fingerprint density at radius 3 is 2.86 bits per heavy atom. The third kappa shape index (κ3) is 4.19. The quantitative estimate of drug-likeness (QED) is 0.792. The predicted octanol–water partition coefficient (Wildman–Crippen LogP) is 2.93. The van der Waals surface area contributed by atoms with E-state index < -0.39 is 17.4 Å². The van der Waals surface area contributed by atoms with Crippen molar-refractivity contribution in [2.45, 2.75) is 12.5 Å². The highest BCUT2D eigenvalue weighted by Gasteiger charge is 2.24. The molecule has 1 aromatic carbocycles. The summed E-state index contributed by atoms with van der Waals surface area (Å²) in [6.07, 6.45) is 0. The highest BCUT2D eigenvalue weighted by atomic mass is 32.1. The summed E-state index contributed by atoms with van der Waals surface area (Å²) >= 11 is 1.47. The molecule has 0 saturated heterocycles. The summed E-state index contributed by atoms with van der Waals surface area (Å²) in [4.78, 5) is 11.8. The number of methoxy groups -OCH3 is 1. The molecule has 0 spiro atoms. The Bertz CT molecular complexity index is 644. The number of ether oxygens (including phenoxy) is 1. The van der Waals surface area contributed by atoms with Gasteiger partial charge in [-0.2, -0.15) is 11.3 Å². The molecule has 0 radical (unpaired) electrons. The SMILES string of the molecule is COc1cc(F)cc(NC(=O)NCC(C)(O)c2ccsc2)c1. The van der Waals surface area contributed by atoms with Crippen molar-refractivity contribution in [3.05, 3.63) is 46.4 Å². The zero-order chi connectivity index (χ0) is 16.2. The van der Waals surface area contributed by atoms with E-state index in [0.717, 1.165) is 5.56 Å². The number of anilines is 1. The van der Waals surface area contributed by atoms with Gasteiger partial charge in [-0.05, 0) is 35.4 Å². The summed E-state index contributed by atoms with van der Waals surface area (Å²) in [5, 5.41) is 19.0. The normalized spacial score (nSPS) is 13.3. The lowest BCUT2D eigenvalue weighted by Gasteiger charge is -2.22. The molecule has 0 aliphatic rings. The highest BCUT2D eigenvalue weighted by molar-refractivity contribution is 7.08. The summed E-state index contributed by atoms with van der Waals surface area (Å²) in [7, 11) is 1.41. The molecule has 1 atom stereocenters. The second-order valence-electron chi connectivity index (χ2n) is 4.97. The molecular formula is C15H17FN2O3S. The van der Waals surface area contributed by atoms with Gasteiger partial charge in [-0.25, -0.2) is 9.18 Å². The first-order valence-electron chi connectivity index (χ1n) is 6.55. The van der Waals surface area contributed by atoms with E-state index in [0.29, 0.717) is 5.75 Å². The Kier molecular flexibility index (Phi) is 4.99. The first-order chi connectivity index (χ1) is 10.4. The van der Waals surface area contributed by atoms with Gasteiger partial charge < -0.3 is 20.5 Å². The number of nitrogens with one attached hydrogen (secondary N) is 2. The largest absolute Gasteiger partial charge is 0.497 e. The molecule has 22 heavy (non-hydrogen) atoms. The van der Waals surface area contributed by atoms with Crippen molar-refractivity contribution < 1.29 is 19.0 Å². The molecular weight excluding hydrogens is 307 g/mol. The Morgan fingerprint density at radius 1 is 1.45 bits per heavy atom. The summed E-state index contributed by atoms with van der Waals surface area (Å²) in [6, 6.07) is 5.15. The maximum atomic E-state index is 13.3. The van der Waals surface area contributed by atoms with Crippen LogP contribution in [-0.2, 0) is 5.60 Å². The van der Waals surface area contributed by atoms with E-state index in [-0.39, 0.29) is 12.2 Å². The number of carbonyl (C=O) groups excluding carboxylic acids is 1. The number of hydrogen-bond donors (Lipinski definition) is 3. The van der Waals surface area contributed by atoms with E-state index in [1.807, 2.05) is 10.8 Å². The fourth-order valence-electron chi connectivity index (χ4n) is 1.85. The van der Waals surface area contributed by atoms with Gasteiger partial charge in [0.2, 0.25) is 0 Å². The average Bonchev–Trinajstić information content (AvgIpc) is 2.99. The molecule has 3 N–H and O–H groups in total. The molecule has 0 saturated carbocycles. The van der Waals surface area contributed by atoms with Crippen LogP contribution in [-0.4, -0.2) is 24.8 Å². The van der Waals surface area contributed by atoms with Crippen LogP contribution in [0.25, 0.3) is 0 Å². The Balaban J connectivity index is 1.95. The van der Waals surface area contributed by atoms with Crippen molar-refractivity contribution in [1.29, 1.82) is 0 Å². The zero-order valence-electron chi connectivity index (χ0n) is 12.2. The van der Waals surface area contributed by atoms with Crippen LogP contribution in [0.2, 0.25) is 0 Å². The number of benzene rings is 1. The number of rotatable bonds is 5. The Morgan fingerprint density at radius 2 is 2.23 bits per heavy atom. The minimum absolute atomic E-state index is 0.0298. The summed E-state index contributed by atoms with van der Waals surface area (Å²) < 4.78 is 18.3. The molecule has 2 amide bonds. The predicted molar refractivity (Wildman–Crippen MR) is 83.9 cm³/mol. The number of urea groups is 1. The smallest absolute Gasteiger partial charge is 0.319 e. The minimum atomic E-state index is -1.17. The van der Waals surface area contributed by atoms with E-state index in [1.165, 1.54) is 36.6 Å². The van der Waals surface area contributed by atoms with Crippen LogP contribution in [0.1, 0.15) is 12.5 Å². The van der Waals surface area contributed by atoms with Gasteiger partial charge in [0.1, 0.15) is 17.2 Å². The van der Waals surface area contributed by atoms with Crippen LogP contribution in [0.5, 0.6) is 5.75 Å². The van der Waals surface area contributed by atoms with Crippen molar-refractivity contribution in [3.63, 3.8) is 0 Å². The number of carbonyl (C=O) groups is 1. The van der Waals surface area contributed by atoms with Crippen LogP contribution >= 0.6 is 11.3 Å². The maximum absolute atomic E-state index is 13.3. The van der Waals surface area contributed by atoms with Gasteiger partial charge in [0.25, 0.3) is 0 Å².